The number of nitrogens with one attached hydrogen (secondary N) is 1. The Morgan fingerprint density at radius 2 is 2.13 bits per heavy atom. The quantitative estimate of drug-likeness (QED) is 0.834. The van der Waals surface area contributed by atoms with E-state index in [1.165, 1.54) is 0 Å². The van der Waals surface area contributed by atoms with Gasteiger partial charge >= 0.3 is 0 Å². The molecule has 0 heterocycles. The van der Waals surface area contributed by atoms with Gasteiger partial charge in [0.05, 0.1) is 24.3 Å². The third-order valence-electron chi connectivity index (χ3n) is 2.03. The topological polar surface area (TPSA) is 41.5 Å². The lowest BCUT2D eigenvalue weighted by atomic mass is 10.1. The molecule has 0 saturated heterocycles. The molecule has 0 aliphatic heterocycles. The highest BCUT2D eigenvalue weighted by Crippen LogP contribution is 2.28. The summed E-state index contributed by atoms with van der Waals surface area (Å²) in [5, 5.41) is 12.8. The van der Waals surface area contributed by atoms with Crippen LogP contribution in [0.5, 0.6) is 5.75 Å². The first-order valence-electron chi connectivity index (χ1n) is 4.71. The van der Waals surface area contributed by atoms with Crippen LogP contribution in [-0.4, -0.2) is 24.4 Å². The molecule has 0 aromatic heterocycles. The highest BCUT2D eigenvalue weighted by atomic mass is 35.5. The van der Waals surface area contributed by atoms with Gasteiger partial charge in [-0.25, -0.2) is 0 Å². The van der Waals surface area contributed by atoms with Crippen LogP contribution in [0.2, 0.25) is 5.02 Å². The van der Waals surface area contributed by atoms with Gasteiger partial charge in [-0.3, -0.25) is 0 Å². The van der Waals surface area contributed by atoms with Crippen molar-refractivity contribution in [2.45, 2.75) is 19.4 Å². The molecule has 0 aliphatic rings. The van der Waals surface area contributed by atoms with Gasteiger partial charge in [0, 0.05) is 5.69 Å². The Bertz CT molecular complexity index is 339. The monoisotopic (exact) mass is 229 g/mol. The summed E-state index contributed by atoms with van der Waals surface area (Å²) in [6.45, 7) is 3.87. The molecule has 0 atom stereocenters. The molecule has 0 bridgehead atoms. The average molecular weight is 230 g/mol. The fraction of sp³-hybridized carbons (Fsp3) is 0.455. The SMILES string of the molecule is COc1ccc(NC(C)(C)CO)cc1Cl. The number of aliphatic hydroxyl groups is 1. The maximum atomic E-state index is 9.11. The maximum absolute atomic E-state index is 9.11. The number of halogens is 1. The molecule has 15 heavy (non-hydrogen) atoms. The van der Waals surface area contributed by atoms with Gasteiger partial charge in [0.25, 0.3) is 0 Å². The van der Waals surface area contributed by atoms with Crippen LogP contribution in [-0.2, 0) is 0 Å². The van der Waals surface area contributed by atoms with E-state index in [9.17, 15) is 0 Å². The highest BCUT2D eigenvalue weighted by Gasteiger charge is 2.15. The van der Waals surface area contributed by atoms with Crippen molar-refractivity contribution in [1.29, 1.82) is 0 Å². The van der Waals surface area contributed by atoms with Gasteiger partial charge in [-0.2, -0.15) is 0 Å². The average Bonchev–Trinajstić information content (AvgIpc) is 2.17. The Morgan fingerprint density at radius 1 is 1.47 bits per heavy atom. The summed E-state index contributed by atoms with van der Waals surface area (Å²) in [4.78, 5) is 0. The van der Waals surface area contributed by atoms with E-state index in [2.05, 4.69) is 5.32 Å². The lowest BCUT2D eigenvalue weighted by Crippen LogP contribution is -2.34. The minimum Gasteiger partial charge on any atom is -0.495 e. The summed E-state index contributed by atoms with van der Waals surface area (Å²) in [6.07, 6.45) is 0. The van der Waals surface area contributed by atoms with Gasteiger partial charge in [0.15, 0.2) is 0 Å². The molecule has 0 fully saturated rings. The number of ether oxygens (including phenoxy) is 1. The number of benzene rings is 1. The minimum atomic E-state index is -0.363. The minimum absolute atomic E-state index is 0.0522. The summed E-state index contributed by atoms with van der Waals surface area (Å²) in [5.74, 6) is 0.643. The second kappa shape index (κ2) is 4.73. The molecule has 0 unspecified atom stereocenters. The van der Waals surface area contributed by atoms with Gasteiger partial charge in [0.1, 0.15) is 5.75 Å². The zero-order valence-electron chi connectivity index (χ0n) is 9.17. The highest BCUT2D eigenvalue weighted by molar-refractivity contribution is 6.32. The van der Waals surface area contributed by atoms with E-state index in [0.717, 1.165) is 5.69 Å². The Labute approximate surface area is 95.0 Å². The summed E-state index contributed by atoms with van der Waals surface area (Å²) in [5.41, 5.74) is 0.498. The van der Waals surface area contributed by atoms with Crippen LogP contribution in [0.15, 0.2) is 18.2 Å². The molecule has 3 nitrogen and oxygen atoms in total. The molecule has 0 saturated carbocycles. The van der Waals surface area contributed by atoms with Crippen molar-refractivity contribution in [2.24, 2.45) is 0 Å². The van der Waals surface area contributed by atoms with Gasteiger partial charge in [-0.1, -0.05) is 11.6 Å². The van der Waals surface area contributed by atoms with Crippen LogP contribution in [0.4, 0.5) is 5.69 Å². The Balaban J connectivity index is 2.84. The third kappa shape index (κ3) is 3.29. The van der Waals surface area contributed by atoms with Crippen molar-refractivity contribution in [1.82, 2.24) is 0 Å². The number of hydrogen-bond acceptors (Lipinski definition) is 3. The summed E-state index contributed by atoms with van der Waals surface area (Å²) < 4.78 is 5.05. The van der Waals surface area contributed by atoms with E-state index >= 15 is 0 Å². The van der Waals surface area contributed by atoms with E-state index < -0.39 is 0 Å². The van der Waals surface area contributed by atoms with Crippen molar-refractivity contribution in [3.63, 3.8) is 0 Å². The molecule has 4 heteroatoms. The van der Waals surface area contributed by atoms with Gasteiger partial charge in [0.2, 0.25) is 0 Å². The van der Waals surface area contributed by atoms with Crippen molar-refractivity contribution in [2.75, 3.05) is 19.0 Å². The molecule has 0 aliphatic carbocycles. The number of methoxy groups -OCH3 is 1. The summed E-state index contributed by atoms with van der Waals surface area (Å²) >= 11 is 5.97. The first-order chi connectivity index (χ1) is 6.98. The van der Waals surface area contributed by atoms with Crippen LogP contribution in [0.1, 0.15) is 13.8 Å². The maximum Gasteiger partial charge on any atom is 0.137 e. The van der Waals surface area contributed by atoms with Gasteiger partial charge in [-0.15, -0.1) is 0 Å². The summed E-state index contributed by atoms with van der Waals surface area (Å²) in [7, 11) is 1.58. The fourth-order valence-corrected chi connectivity index (χ4v) is 1.43. The zero-order valence-corrected chi connectivity index (χ0v) is 9.93. The Kier molecular flexibility index (Phi) is 3.83. The predicted octanol–water partition coefficient (Wildman–Crippen LogP) is 2.53. The second-order valence-corrected chi connectivity index (χ2v) is 4.42. The number of aliphatic hydroxyl groups excluding tert-OH is 1. The molecular weight excluding hydrogens is 214 g/mol. The standard InChI is InChI=1S/C11H16ClNO2/c1-11(2,7-14)13-8-4-5-10(15-3)9(12)6-8/h4-6,13-14H,7H2,1-3H3. The van der Waals surface area contributed by atoms with Crippen LogP contribution < -0.4 is 10.1 Å². The fourth-order valence-electron chi connectivity index (χ4n) is 1.17. The smallest absolute Gasteiger partial charge is 0.137 e. The normalized spacial score (nSPS) is 11.3. The van der Waals surface area contributed by atoms with E-state index in [0.29, 0.717) is 10.8 Å². The van der Waals surface area contributed by atoms with Crippen LogP contribution >= 0.6 is 11.6 Å². The molecular formula is C11H16ClNO2. The summed E-state index contributed by atoms with van der Waals surface area (Å²) in [6, 6.07) is 5.43. The predicted molar refractivity (Wildman–Crippen MR) is 62.8 cm³/mol. The van der Waals surface area contributed by atoms with Gasteiger partial charge in [-0.05, 0) is 32.0 Å². The molecule has 1 aromatic carbocycles. The molecule has 1 rings (SSSR count). The van der Waals surface area contributed by atoms with Crippen LogP contribution in [0.25, 0.3) is 0 Å². The lowest BCUT2D eigenvalue weighted by Gasteiger charge is -2.25. The molecule has 2 N–H and O–H groups in total. The van der Waals surface area contributed by atoms with Crippen molar-refractivity contribution >= 4 is 17.3 Å². The van der Waals surface area contributed by atoms with E-state index in [1.54, 1.807) is 19.2 Å². The van der Waals surface area contributed by atoms with E-state index in [-0.39, 0.29) is 12.1 Å². The Hall–Kier alpha value is -0.930. The first kappa shape index (κ1) is 12.1. The lowest BCUT2D eigenvalue weighted by molar-refractivity contribution is 0.234. The number of rotatable bonds is 4. The van der Waals surface area contributed by atoms with E-state index in [1.807, 2.05) is 19.9 Å². The second-order valence-electron chi connectivity index (χ2n) is 4.02. The van der Waals surface area contributed by atoms with Crippen LogP contribution in [0, 0.1) is 0 Å². The number of hydrogen-bond donors (Lipinski definition) is 2. The van der Waals surface area contributed by atoms with E-state index in [4.69, 9.17) is 21.4 Å². The third-order valence-corrected chi connectivity index (χ3v) is 2.33. The van der Waals surface area contributed by atoms with Crippen molar-refractivity contribution in [3.05, 3.63) is 23.2 Å². The molecule has 0 radical (unpaired) electrons. The molecule has 1 aromatic rings. The van der Waals surface area contributed by atoms with Gasteiger partial charge < -0.3 is 15.2 Å². The van der Waals surface area contributed by atoms with Crippen molar-refractivity contribution in [3.8, 4) is 5.75 Å². The Morgan fingerprint density at radius 3 is 2.60 bits per heavy atom. The first-order valence-corrected chi connectivity index (χ1v) is 5.09. The molecule has 0 spiro atoms. The zero-order chi connectivity index (χ0) is 11.5. The van der Waals surface area contributed by atoms with Crippen molar-refractivity contribution < 1.29 is 9.84 Å². The molecule has 84 valence electrons. The van der Waals surface area contributed by atoms with Crippen LogP contribution in [0.3, 0.4) is 0 Å². The molecule has 0 amide bonds. The largest absolute Gasteiger partial charge is 0.495 e. The number of anilines is 1.